The second kappa shape index (κ2) is 8.79. The molecule has 1 heterocycles. The van der Waals surface area contributed by atoms with Crippen LogP contribution < -0.4 is 4.90 Å². The van der Waals surface area contributed by atoms with Crippen LogP contribution in [0.1, 0.15) is 26.2 Å². The van der Waals surface area contributed by atoms with Crippen LogP contribution in [0.2, 0.25) is 0 Å². The lowest BCUT2D eigenvalue weighted by molar-refractivity contribution is -0.131. The molecular formula is C18H29N3O. The van der Waals surface area contributed by atoms with Gasteiger partial charge in [-0.1, -0.05) is 31.5 Å². The van der Waals surface area contributed by atoms with Crippen LogP contribution in [-0.2, 0) is 4.79 Å². The highest BCUT2D eigenvalue weighted by molar-refractivity contribution is 5.76. The van der Waals surface area contributed by atoms with Gasteiger partial charge in [0.15, 0.2) is 0 Å². The third-order valence-electron chi connectivity index (χ3n) is 4.35. The molecule has 122 valence electrons. The van der Waals surface area contributed by atoms with Gasteiger partial charge in [-0.3, -0.25) is 4.79 Å². The molecule has 1 aromatic rings. The lowest BCUT2D eigenvalue weighted by Crippen LogP contribution is -2.49. The Bertz CT molecular complexity index is 441. The van der Waals surface area contributed by atoms with E-state index in [1.54, 1.807) is 0 Å². The summed E-state index contributed by atoms with van der Waals surface area (Å²) in [6.07, 6.45) is 3.06. The molecule has 1 aliphatic heterocycles. The maximum Gasteiger partial charge on any atom is 0.223 e. The zero-order chi connectivity index (χ0) is 15.8. The van der Waals surface area contributed by atoms with Crippen molar-refractivity contribution >= 4 is 11.6 Å². The molecule has 0 bridgehead atoms. The Balaban J connectivity index is 1.71. The molecule has 0 atom stereocenters. The first-order valence-corrected chi connectivity index (χ1v) is 8.47. The Morgan fingerprint density at radius 2 is 1.77 bits per heavy atom. The molecular weight excluding hydrogens is 274 g/mol. The number of carbonyl (C=O) groups excluding carboxylic acids is 1. The van der Waals surface area contributed by atoms with Gasteiger partial charge in [-0.15, -0.1) is 0 Å². The number of rotatable bonds is 7. The smallest absolute Gasteiger partial charge is 0.223 e. The zero-order valence-electron chi connectivity index (χ0n) is 14.0. The van der Waals surface area contributed by atoms with Crippen molar-refractivity contribution in [3.05, 3.63) is 30.3 Å². The molecule has 0 spiro atoms. The Kier molecular flexibility index (Phi) is 6.72. The molecule has 1 fully saturated rings. The highest BCUT2D eigenvalue weighted by atomic mass is 16.2. The molecule has 4 nitrogen and oxygen atoms in total. The normalized spacial score (nSPS) is 15.4. The van der Waals surface area contributed by atoms with E-state index in [4.69, 9.17) is 0 Å². The summed E-state index contributed by atoms with van der Waals surface area (Å²) in [6, 6.07) is 10.5. The highest BCUT2D eigenvalue weighted by Crippen LogP contribution is 2.15. The standard InChI is InChI=1S/C18H29N3O/c1-3-4-11-19(2)12-10-18(22)21-15-13-20(14-16-21)17-8-6-5-7-9-17/h5-9H,3-4,10-16H2,1-2H3. The van der Waals surface area contributed by atoms with E-state index in [0.717, 1.165) is 39.3 Å². The van der Waals surface area contributed by atoms with Crippen LogP contribution in [0.5, 0.6) is 0 Å². The van der Waals surface area contributed by atoms with Gasteiger partial charge in [-0.05, 0) is 32.1 Å². The van der Waals surface area contributed by atoms with Crippen molar-refractivity contribution in [2.24, 2.45) is 0 Å². The number of anilines is 1. The average Bonchev–Trinajstić information content (AvgIpc) is 2.58. The number of carbonyl (C=O) groups is 1. The lowest BCUT2D eigenvalue weighted by Gasteiger charge is -2.36. The number of para-hydroxylation sites is 1. The summed E-state index contributed by atoms with van der Waals surface area (Å²) in [5.41, 5.74) is 1.26. The Hall–Kier alpha value is -1.55. The van der Waals surface area contributed by atoms with Crippen LogP contribution in [0.3, 0.4) is 0 Å². The van der Waals surface area contributed by atoms with Crippen molar-refractivity contribution in [2.45, 2.75) is 26.2 Å². The minimum Gasteiger partial charge on any atom is -0.368 e. The maximum absolute atomic E-state index is 12.3. The molecule has 0 radical (unpaired) electrons. The van der Waals surface area contributed by atoms with Crippen molar-refractivity contribution in [3.8, 4) is 0 Å². The number of benzene rings is 1. The summed E-state index contributed by atoms with van der Waals surface area (Å²) in [6.45, 7) is 7.70. The predicted molar refractivity (Wildman–Crippen MR) is 92.3 cm³/mol. The van der Waals surface area contributed by atoms with Gasteiger partial charge in [0.2, 0.25) is 5.91 Å². The molecule has 0 aliphatic carbocycles. The van der Waals surface area contributed by atoms with E-state index in [1.165, 1.54) is 18.5 Å². The van der Waals surface area contributed by atoms with Crippen LogP contribution in [0, 0.1) is 0 Å². The van der Waals surface area contributed by atoms with Gasteiger partial charge >= 0.3 is 0 Å². The summed E-state index contributed by atoms with van der Waals surface area (Å²) >= 11 is 0. The first kappa shape index (κ1) is 16.8. The van der Waals surface area contributed by atoms with E-state index >= 15 is 0 Å². The number of nitrogens with zero attached hydrogens (tertiary/aromatic N) is 3. The first-order valence-electron chi connectivity index (χ1n) is 8.47. The number of hydrogen-bond donors (Lipinski definition) is 0. The molecule has 2 rings (SSSR count). The first-order chi connectivity index (χ1) is 10.7. The third kappa shape index (κ3) is 5.02. The molecule has 1 aromatic carbocycles. The zero-order valence-corrected chi connectivity index (χ0v) is 14.0. The molecule has 1 amide bonds. The van der Waals surface area contributed by atoms with Crippen molar-refractivity contribution in [1.29, 1.82) is 0 Å². The third-order valence-corrected chi connectivity index (χ3v) is 4.35. The van der Waals surface area contributed by atoms with E-state index in [1.807, 2.05) is 11.0 Å². The second-order valence-electron chi connectivity index (χ2n) is 6.11. The van der Waals surface area contributed by atoms with E-state index in [0.29, 0.717) is 12.3 Å². The molecule has 0 N–H and O–H groups in total. The monoisotopic (exact) mass is 303 g/mol. The van der Waals surface area contributed by atoms with Gasteiger partial charge in [-0.25, -0.2) is 0 Å². The molecule has 0 unspecified atom stereocenters. The fourth-order valence-corrected chi connectivity index (χ4v) is 2.84. The van der Waals surface area contributed by atoms with Gasteiger partial charge < -0.3 is 14.7 Å². The molecule has 1 saturated heterocycles. The van der Waals surface area contributed by atoms with E-state index < -0.39 is 0 Å². The summed E-state index contributed by atoms with van der Waals surface area (Å²) in [5, 5.41) is 0. The molecule has 4 heteroatoms. The lowest BCUT2D eigenvalue weighted by atomic mass is 10.2. The van der Waals surface area contributed by atoms with Crippen molar-refractivity contribution in [2.75, 3.05) is 51.2 Å². The van der Waals surface area contributed by atoms with Crippen LogP contribution in [0.25, 0.3) is 0 Å². The SMILES string of the molecule is CCCCN(C)CCC(=O)N1CCN(c2ccccc2)CC1. The van der Waals surface area contributed by atoms with Gasteiger partial charge in [-0.2, -0.15) is 0 Å². The minimum atomic E-state index is 0.302. The van der Waals surface area contributed by atoms with E-state index in [-0.39, 0.29) is 0 Å². The Labute approximate surface area is 134 Å². The summed E-state index contributed by atoms with van der Waals surface area (Å²) in [5.74, 6) is 0.302. The number of amides is 1. The van der Waals surface area contributed by atoms with Crippen molar-refractivity contribution in [3.63, 3.8) is 0 Å². The number of piperazine rings is 1. The van der Waals surface area contributed by atoms with Crippen LogP contribution in [0.15, 0.2) is 30.3 Å². The number of hydrogen-bond acceptors (Lipinski definition) is 3. The second-order valence-corrected chi connectivity index (χ2v) is 6.11. The number of unbranched alkanes of at least 4 members (excludes halogenated alkanes) is 1. The van der Waals surface area contributed by atoms with E-state index in [2.05, 4.69) is 48.0 Å². The Morgan fingerprint density at radius 1 is 1.09 bits per heavy atom. The van der Waals surface area contributed by atoms with E-state index in [9.17, 15) is 4.79 Å². The summed E-state index contributed by atoms with van der Waals surface area (Å²) in [7, 11) is 2.11. The van der Waals surface area contributed by atoms with Crippen LogP contribution in [0.4, 0.5) is 5.69 Å². The minimum absolute atomic E-state index is 0.302. The van der Waals surface area contributed by atoms with Crippen LogP contribution >= 0.6 is 0 Å². The largest absolute Gasteiger partial charge is 0.368 e. The quantitative estimate of drug-likeness (QED) is 0.774. The van der Waals surface area contributed by atoms with Gasteiger partial charge in [0, 0.05) is 44.8 Å². The predicted octanol–water partition coefficient (Wildman–Crippen LogP) is 2.46. The van der Waals surface area contributed by atoms with Crippen molar-refractivity contribution in [1.82, 2.24) is 9.80 Å². The fraction of sp³-hybridized carbons (Fsp3) is 0.611. The molecule has 22 heavy (non-hydrogen) atoms. The molecule has 0 saturated carbocycles. The highest BCUT2D eigenvalue weighted by Gasteiger charge is 2.21. The molecule has 1 aliphatic rings. The van der Waals surface area contributed by atoms with Gasteiger partial charge in [0.05, 0.1) is 0 Å². The van der Waals surface area contributed by atoms with Crippen LogP contribution in [-0.4, -0.2) is 62.0 Å². The topological polar surface area (TPSA) is 26.8 Å². The summed E-state index contributed by atoms with van der Waals surface area (Å²) in [4.78, 5) is 18.9. The summed E-state index contributed by atoms with van der Waals surface area (Å²) < 4.78 is 0. The van der Waals surface area contributed by atoms with Gasteiger partial charge in [0.25, 0.3) is 0 Å². The average molecular weight is 303 g/mol. The Morgan fingerprint density at radius 3 is 2.41 bits per heavy atom. The van der Waals surface area contributed by atoms with Gasteiger partial charge in [0.1, 0.15) is 0 Å². The van der Waals surface area contributed by atoms with Crippen molar-refractivity contribution < 1.29 is 4.79 Å². The fourth-order valence-electron chi connectivity index (χ4n) is 2.84. The molecule has 0 aromatic heterocycles. The maximum atomic E-state index is 12.3.